The lowest BCUT2D eigenvalue weighted by Gasteiger charge is -2.12. The number of aliphatic carboxylic acids is 1. The van der Waals surface area contributed by atoms with Crippen molar-refractivity contribution in [2.45, 2.75) is 12.5 Å². The van der Waals surface area contributed by atoms with E-state index in [-0.39, 0.29) is 11.7 Å². The summed E-state index contributed by atoms with van der Waals surface area (Å²) in [4.78, 5) is 30.0. The number of carbonyl (C=O) groups excluding carboxylic acids is 1. The van der Waals surface area contributed by atoms with Crippen LogP contribution in [0.25, 0.3) is 0 Å². The van der Waals surface area contributed by atoms with Gasteiger partial charge in [-0.05, 0) is 6.42 Å². The van der Waals surface area contributed by atoms with E-state index in [0.29, 0.717) is 12.2 Å². The number of carboxylic acids is 1. The molecule has 2 rings (SSSR count). The lowest BCUT2D eigenvalue weighted by molar-refractivity contribution is -0.140. The van der Waals surface area contributed by atoms with Gasteiger partial charge >= 0.3 is 11.9 Å². The molecule has 2 atom stereocenters. The molecule has 0 amide bonds. The van der Waals surface area contributed by atoms with E-state index < -0.39 is 17.9 Å². The Hall–Kier alpha value is -2.44. The highest BCUT2D eigenvalue weighted by Crippen LogP contribution is 2.20. The normalized spacial score (nSPS) is 21.1. The van der Waals surface area contributed by atoms with Gasteiger partial charge in [0, 0.05) is 6.04 Å². The average Bonchev–Trinajstić information content (AvgIpc) is 2.87. The molecule has 0 aromatic carbocycles. The van der Waals surface area contributed by atoms with Gasteiger partial charge in [0.25, 0.3) is 0 Å². The minimum absolute atomic E-state index is 0.101. The van der Waals surface area contributed by atoms with Crippen LogP contribution in [0, 0.1) is 5.92 Å². The number of nitrogens with one attached hydrogen (secondary N) is 1. The van der Waals surface area contributed by atoms with Gasteiger partial charge in [-0.25, -0.2) is 9.78 Å². The Morgan fingerprint density at radius 1 is 1.42 bits per heavy atom. The van der Waals surface area contributed by atoms with Crippen molar-refractivity contribution < 1.29 is 19.4 Å². The molecule has 2 N–H and O–H groups in total. The second kappa shape index (κ2) is 5.47. The van der Waals surface area contributed by atoms with Gasteiger partial charge in [-0.3, -0.25) is 9.78 Å². The topological polar surface area (TPSA) is 101 Å². The number of rotatable bonds is 4. The van der Waals surface area contributed by atoms with Crippen LogP contribution in [0.4, 0.5) is 5.82 Å². The zero-order valence-electron chi connectivity index (χ0n) is 10.2. The number of nitrogens with zero attached hydrogens (tertiary/aromatic N) is 2. The first kappa shape index (κ1) is 13.0. The zero-order chi connectivity index (χ0) is 13.8. The second-order valence-electron chi connectivity index (χ2n) is 4.10. The Labute approximate surface area is 109 Å². The van der Waals surface area contributed by atoms with Gasteiger partial charge in [-0.1, -0.05) is 12.2 Å². The maximum absolute atomic E-state index is 11.3. The van der Waals surface area contributed by atoms with E-state index >= 15 is 0 Å². The summed E-state index contributed by atoms with van der Waals surface area (Å²) in [5.74, 6) is -1.51. The van der Waals surface area contributed by atoms with E-state index in [4.69, 9.17) is 5.11 Å². The van der Waals surface area contributed by atoms with E-state index in [1.54, 1.807) is 12.2 Å². The molecule has 0 saturated heterocycles. The molecule has 1 aromatic rings. The maximum Gasteiger partial charge on any atom is 0.358 e. The smallest absolute Gasteiger partial charge is 0.358 e. The number of anilines is 1. The third kappa shape index (κ3) is 3.06. The minimum Gasteiger partial charge on any atom is -0.481 e. The molecule has 0 aliphatic heterocycles. The molecule has 1 aliphatic rings. The van der Waals surface area contributed by atoms with Crippen LogP contribution in [0.3, 0.4) is 0 Å². The predicted octanol–water partition coefficient (Wildman–Crippen LogP) is 0.704. The van der Waals surface area contributed by atoms with Gasteiger partial charge in [0.05, 0.1) is 25.4 Å². The van der Waals surface area contributed by atoms with E-state index in [9.17, 15) is 9.59 Å². The Morgan fingerprint density at radius 3 is 2.84 bits per heavy atom. The van der Waals surface area contributed by atoms with E-state index in [1.807, 2.05) is 0 Å². The van der Waals surface area contributed by atoms with Crippen molar-refractivity contribution in [2.75, 3.05) is 12.4 Å². The monoisotopic (exact) mass is 263 g/mol. The molecule has 0 radical (unpaired) electrons. The lowest BCUT2D eigenvalue weighted by Crippen LogP contribution is -2.20. The molecule has 1 aliphatic carbocycles. The van der Waals surface area contributed by atoms with E-state index in [1.165, 1.54) is 19.5 Å². The summed E-state index contributed by atoms with van der Waals surface area (Å²) in [6.45, 7) is 0. The fourth-order valence-corrected chi connectivity index (χ4v) is 1.82. The van der Waals surface area contributed by atoms with Crippen molar-refractivity contribution in [2.24, 2.45) is 5.92 Å². The van der Waals surface area contributed by atoms with Gasteiger partial charge in [0.1, 0.15) is 5.82 Å². The van der Waals surface area contributed by atoms with E-state index in [0.717, 1.165) is 0 Å². The predicted molar refractivity (Wildman–Crippen MR) is 65.7 cm³/mol. The van der Waals surface area contributed by atoms with Gasteiger partial charge in [0.2, 0.25) is 0 Å². The molecular formula is C12H13N3O4. The van der Waals surface area contributed by atoms with Crippen LogP contribution in [0.15, 0.2) is 24.5 Å². The number of hydrogen-bond acceptors (Lipinski definition) is 6. The molecular weight excluding hydrogens is 250 g/mol. The molecule has 0 bridgehead atoms. The van der Waals surface area contributed by atoms with Crippen LogP contribution < -0.4 is 5.32 Å². The summed E-state index contributed by atoms with van der Waals surface area (Å²) in [5.41, 5.74) is 0.101. The third-order valence-corrected chi connectivity index (χ3v) is 2.76. The first-order valence-electron chi connectivity index (χ1n) is 5.68. The Morgan fingerprint density at radius 2 is 2.21 bits per heavy atom. The van der Waals surface area contributed by atoms with Crippen molar-refractivity contribution >= 4 is 17.8 Å². The molecule has 0 fully saturated rings. The highest BCUT2D eigenvalue weighted by molar-refractivity contribution is 5.87. The molecule has 1 aromatic heterocycles. The number of hydrogen-bond donors (Lipinski definition) is 2. The number of ether oxygens (including phenoxy) is 1. The summed E-state index contributed by atoms with van der Waals surface area (Å²) in [5, 5.41) is 11.9. The van der Waals surface area contributed by atoms with Gasteiger partial charge < -0.3 is 15.2 Å². The van der Waals surface area contributed by atoms with Gasteiger partial charge in [-0.15, -0.1) is 0 Å². The average molecular weight is 263 g/mol. The molecule has 0 spiro atoms. The Balaban J connectivity index is 2.03. The molecule has 1 heterocycles. The first-order chi connectivity index (χ1) is 9.10. The van der Waals surface area contributed by atoms with Crippen LogP contribution in [0.2, 0.25) is 0 Å². The third-order valence-electron chi connectivity index (χ3n) is 2.76. The first-order valence-corrected chi connectivity index (χ1v) is 5.68. The molecule has 19 heavy (non-hydrogen) atoms. The van der Waals surface area contributed by atoms with E-state index in [2.05, 4.69) is 20.0 Å². The zero-order valence-corrected chi connectivity index (χ0v) is 10.2. The summed E-state index contributed by atoms with van der Waals surface area (Å²) in [7, 11) is 1.27. The minimum atomic E-state index is -0.852. The van der Waals surface area contributed by atoms with Crippen LogP contribution >= 0.6 is 0 Å². The number of carboxylic acid groups (broad SMARTS) is 1. The Kier molecular flexibility index (Phi) is 3.74. The summed E-state index contributed by atoms with van der Waals surface area (Å²) in [6.07, 6.45) is 6.62. The molecule has 7 heteroatoms. The standard InChI is InChI=1S/C12H13N3O4/c1-19-12(18)9-5-13-6-10(15-9)14-8-3-2-7(4-8)11(16)17/h2-3,5-8H,4H2,1H3,(H,14,15)(H,16,17). The molecule has 2 unspecified atom stereocenters. The quantitative estimate of drug-likeness (QED) is 0.609. The summed E-state index contributed by atoms with van der Waals surface area (Å²) < 4.78 is 4.55. The van der Waals surface area contributed by atoms with Crippen LogP contribution in [-0.2, 0) is 9.53 Å². The summed E-state index contributed by atoms with van der Waals surface area (Å²) >= 11 is 0. The van der Waals surface area contributed by atoms with Crippen molar-refractivity contribution in [3.63, 3.8) is 0 Å². The van der Waals surface area contributed by atoms with Gasteiger partial charge in [-0.2, -0.15) is 0 Å². The molecule has 100 valence electrons. The van der Waals surface area contributed by atoms with Gasteiger partial charge in [0.15, 0.2) is 5.69 Å². The van der Waals surface area contributed by atoms with Crippen molar-refractivity contribution in [1.29, 1.82) is 0 Å². The van der Waals surface area contributed by atoms with Crippen molar-refractivity contribution in [3.8, 4) is 0 Å². The number of esters is 1. The molecule has 7 nitrogen and oxygen atoms in total. The largest absolute Gasteiger partial charge is 0.481 e. The fraction of sp³-hybridized carbons (Fsp3) is 0.333. The van der Waals surface area contributed by atoms with Crippen LogP contribution in [-0.4, -0.2) is 40.2 Å². The van der Waals surface area contributed by atoms with Crippen molar-refractivity contribution in [3.05, 3.63) is 30.2 Å². The second-order valence-corrected chi connectivity index (χ2v) is 4.10. The van der Waals surface area contributed by atoms with Crippen molar-refractivity contribution in [1.82, 2.24) is 9.97 Å². The maximum atomic E-state index is 11.3. The SMILES string of the molecule is COC(=O)c1cncc(NC2C=CC(C(=O)O)C2)n1. The number of methoxy groups -OCH3 is 1. The van der Waals surface area contributed by atoms with Crippen LogP contribution in [0.1, 0.15) is 16.9 Å². The molecule has 0 saturated carbocycles. The van der Waals surface area contributed by atoms with Crippen LogP contribution in [0.5, 0.6) is 0 Å². The fourth-order valence-electron chi connectivity index (χ4n) is 1.82. The highest BCUT2D eigenvalue weighted by atomic mass is 16.5. The number of carbonyl (C=O) groups is 2. The number of aromatic nitrogens is 2. The lowest BCUT2D eigenvalue weighted by atomic mass is 10.1. The highest BCUT2D eigenvalue weighted by Gasteiger charge is 2.24. The Bertz CT molecular complexity index is 529. The summed E-state index contributed by atoms with van der Waals surface area (Å²) in [6, 6.07) is -0.136.